The molecule has 3 aromatic rings. The molecule has 0 radical (unpaired) electrons. The molecule has 0 saturated carbocycles. The maximum Gasteiger partial charge on any atom is 0.103 e. The predicted molar refractivity (Wildman–Crippen MR) is 81.2 cm³/mol. The Hall–Kier alpha value is -2.57. The summed E-state index contributed by atoms with van der Waals surface area (Å²) in [5, 5.41) is 13.9. The predicted octanol–water partition coefficient (Wildman–Crippen LogP) is 4.50. The highest BCUT2D eigenvalue weighted by Crippen LogP contribution is 2.29. The molecule has 0 bridgehead atoms. The molecule has 1 heterocycles. The molecule has 1 aromatic heterocycles. The van der Waals surface area contributed by atoms with E-state index in [1.807, 2.05) is 42.5 Å². The third-order valence-electron chi connectivity index (χ3n) is 3.03. The highest BCUT2D eigenvalue weighted by Gasteiger charge is 2.08. The van der Waals surface area contributed by atoms with E-state index in [9.17, 15) is 5.26 Å². The van der Waals surface area contributed by atoms with E-state index in [4.69, 9.17) is 11.6 Å². The second-order valence-corrected chi connectivity index (χ2v) is 4.69. The zero-order valence-electron chi connectivity index (χ0n) is 10.5. The normalized spacial score (nSPS) is 10.2. The number of nitrogens with zero attached hydrogens (tertiary/aromatic N) is 2. The first-order valence-electron chi connectivity index (χ1n) is 6.09. The van der Waals surface area contributed by atoms with Gasteiger partial charge in [-0.3, -0.25) is 4.98 Å². The Morgan fingerprint density at radius 3 is 2.60 bits per heavy atom. The van der Waals surface area contributed by atoms with Gasteiger partial charge in [-0.25, -0.2) is 0 Å². The lowest BCUT2D eigenvalue weighted by Gasteiger charge is -2.11. The van der Waals surface area contributed by atoms with Gasteiger partial charge in [0, 0.05) is 11.6 Å². The summed E-state index contributed by atoms with van der Waals surface area (Å²) in [5.41, 5.74) is 2.82. The van der Waals surface area contributed by atoms with Gasteiger partial charge in [0.15, 0.2) is 0 Å². The molecule has 3 rings (SSSR count). The van der Waals surface area contributed by atoms with Gasteiger partial charge < -0.3 is 5.32 Å². The Labute approximate surface area is 121 Å². The van der Waals surface area contributed by atoms with Crippen LogP contribution in [-0.2, 0) is 0 Å². The van der Waals surface area contributed by atoms with E-state index < -0.39 is 0 Å². The summed E-state index contributed by atoms with van der Waals surface area (Å²) in [5.74, 6) is 0. The fourth-order valence-corrected chi connectivity index (χ4v) is 2.31. The Bertz CT molecular complexity index is 816. The molecule has 2 aromatic carbocycles. The fraction of sp³-hybridized carbons (Fsp3) is 0. The summed E-state index contributed by atoms with van der Waals surface area (Å²) >= 11 is 6.04. The molecule has 0 atom stereocenters. The van der Waals surface area contributed by atoms with Crippen LogP contribution in [0.15, 0.2) is 54.7 Å². The second kappa shape index (κ2) is 5.20. The third kappa shape index (κ3) is 2.18. The number of rotatable bonds is 2. The molecule has 0 unspecified atom stereocenters. The van der Waals surface area contributed by atoms with Gasteiger partial charge in [0.2, 0.25) is 0 Å². The molecule has 0 amide bonds. The van der Waals surface area contributed by atoms with Crippen LogP contribution in [0.2, 0.25) is 5.02 Å². The Kier molecular flexibility index (Phi) is 3.24. The molecule has 0 aliphatic carbocycles. The monoisotopic (exact) mass is 279 g/mol. The molecule has 0 spiro atoms. The fourth-order valence-electron chi connectivity index (χ4n) is 2.09. The molecule has 0 aliphatic heterocycles. The van der Waals surface area contributed by atoms with E-state index in [2.05, 4.69) is 16.4 Å². The lowest BCUT2D eigenvalue weighted by Crippen LogP contribution is -1.96. The van der Waals surface area contributed by atoms with Crippen molar-refractivity contribution in [2.24, 2.45) is 0 Å². The smallest absolute Gasteiger partial charge is 0.103 e. The topological polar surface area (TPSA) is 48.7 Å². The van der Waals surface area contributed by atoms with Crippen molar-refractivity contribution in [2.45, 2.75) is 0 Å². The third-order valence-corrected chi connectivity index (χ3v) is 3.34. The van der Waals surface area contributed by atoms with Crippen molar-refractivity contribution in [3.05, 3.63) is 65.3 Å². The molecule has 0 saturated heterocycles. The van der Waals surface area contributed by atoms with Crippen LogP contribution in [0.5, 0.6) is 0 Å². The summed E-state index contributed by atoms with van der Waals surface area (Å²) < 4.78 is 0. The highest BCUT2D eigenvalue weighted by molar-refractivity contribution is 6.32. The van der Waals surface area contributed by atoms with Crippen LogP contribution >= 0.6 is 11.6 Å². The van der Waals surface area contributed by atoms with E-state index in [0.29, 0.717) is 16.3 Å². The van der Waals surface area contributed by atoms with Crippen LogP contribution in [0, 0.1) is 11.3 Å². The highest BCUT2D eigenvalue weighted by atomic mass is 35.5. The van der Waals surface area contributed by atoms with Crippen molar-refractivity contribution in [1.82, 2.24) is 4.98 Å². The van der Waals surface area contributed by atoms with Gasteiger partial charge in [0.1, 0.15) is 6.07 Å². The number of benzene rings is 2. The number of para-hydroxylation sites is 1. The van der Waals surface area contributed by atoms with Crippen molar-refractivity contribution in [1.29, 1.82) is 5.26 Å². The number of fused-ring (bicyclic) bond motifs is 1. The minimum Gasteiger partial charge on any atom is -0.353 e. The lowest BCUT2D eigenvalue weighted by molar-refractivity contribution is 1.40. The zero-order valence-corrected chi connectivity index (χ0v) is 11.2. The summed E-state index contributed by atoms with van der Waals surface area (Å²) in [6.45, 7) is 0. The van der Waals surface area contributed by atoms with Crippen LogP contribution in [0.4, 0.5) is 11.4 Å². The van der Waals surface area contributed by atoms with Crippen molar-refractivity contribution in [2.75, 3.05) is 5.32 Å². The van der Waals surface area contributed by atoms with Gasteiger partial charge in [0.05, 0.1) is 27.5 Å². The minimum absolute atomic E-state index is 0.433. The quantitative estimate of drug-likeness (QED) is 0.751. The van der Waals surface area contributed by atoms with Gasteiger partial charge in [-0.05, 0) is 24.3 Å². The summed E-state index contributed by atoms with van der Waals surface area (Å²) in [4.78, 5) is 4.38. The van der Waals surface area contributed by atoms with Crippen LogP contribution in [0.25, 0.3) is 10.9 Å². The Morgan fingerprint density at radius 2 is 1.75 bits per heavy atom. The first-order chi connectivity index (χ1) is 9.79. The first-order valence-corrected chi connectivity index (χ1v) is 6.47. The average Bonchev–Trinajstić information content (AvgIpc) is 2.48. The largest absolute Gasteiger partial charge is 0.353 e. The molecular weight excluding hydrogens is 270 g/mol. The minimum atomic E-state index is 0.433. The van der Waals surface area contributed by atoms with Crippen LogP contribution < -0.4 is 5.32 Å². The van der Waals surface area contributed by atoms with Crippen molar-refractivity contribution in [3.63, 3.8) is 0 Å². The maximum absolute atomic E-state index is 9.20. The Morgan fingerprint density at radius 1 is 1.00 bits per heavy atom. The van der Waals surface area contributed by atoms with E-state index in [-0.39, 0.29) is 0 Å². The number of hydrogen-bond donors (Lipinski definition) is 1. The van der Waals surface area contributed by atoms with Gasteiger partial charge in [0.25, 0.3) is 0 Å². The SMILES string of the molecule is N#Cc1c(Cl)cccc1Nc1cccc2cccnc12. The number of aromatic nitrogens is 1. The summed E-state index contributed by atoms with van der Waals surface area (Å²) in [6, 6.07) is 17.2. The molecule has 20 heavy (non-hydrogen) atoms. The lowest BCUT2D eigenvalue weighted by atomic mass is 10.1. The second-order valence-electron chi connectivity index (χ2n) is 4.28. The zero-order chi connectivity index (χ0) is 13.9. The van der Waals surface area contributed by atoms with Crippen molar-refractivity contribution in [3.8, 4) is 6.07 Å². The summed E-state index contributed by atoms with van der Waals surface area (Å²) in [7, 11) is 0. The van der Waals surface area contributed by atoms with Gasteiger partial charge in [-0.1, -0.05) is 35.9 Å². The van der Waals surface area contributed by atoms with Gasteiger partial charge in [-0.15, -0.1) is 0 Å². The Balaban J connectivity index is 2.11. The standard InChI is InChI=1S/C16H10ClN3/c17-13-6-2-7-14(12(13)10-18)20-15-8-1-4-11-5-3-9-19-16(11)15/h1-9,20H. The summed E-state index contributed by atoms with van der Waals surface area (Å²) in [6.07, 6.45) is 1.75. The molecule has 0 aliphatic rings. The molecular formula is C16H10ClN3. The van der Waals surface area contributed by atoms with E-state index in [1.54, 1.807) is 12.3 Å². The number of nitriles is 1. The number of nitrogens with one attached hydrogen (secondary N) is 1. The van der Waals surface area contributed by atoms with E-state index in [0.717, 1.165) is 16.6 Å². The number of pyridine rings is 1. The van der Waals surface area contributed by atoms with E-state index in [1.165, 1.54) is 0 Å². The van der Waals surface area contributed by atoms with Crippen LogP contribution in [-0.4, -0.2) is 4.98 Å². The maximum atomic E-state index is 9.20. The number of halogens is 1. The average molecular weight is 280 g/mol. The van der Waals surface area contributed by atoms with Gasteiger partial charge >= 0.3 is 0 Å². The van der Waals surface area contributed by atoms with Crippen LogP contribution in [0.3, 0.4) is 0 Å². The van der Waals surface area contributed by atoms with Crippen molar-refractivity contribution >= 4 is 33.9 Å². The number of hydrogen-bond acceptors (Lipinski definition) is 3. The molecule has 96 valence electrons. The molecule has 0 fully saturated rings. The first kappa shape index (κ1) is 12.5. The van der Waals surface area contributed by atoms with Crippen LogP contribution in [0.1, 0.15) is 5.56 Å². The van der Waals surface area contributed by atoms with Gasteiger partial charge in [-0.2, -0.15) is 5.26 Å². The van der Waals surface area contributed by atoms with Crippen molar-refractivity contribution < 1.29 is 0 Å². The van der Waals surface area contributed by atoms with E-state index >= 15 is 0 Å². The molecule has 4 heteroatoms. The number of anilines is 2. The molecule has 1 N–H and O–H groups in total. The molecule has 3 nitrogen and oxygen atoms in total.